The van der Waals surface area contributed by atoms with Gasteiger partial charge in [0.15, 0.2) is 5.69 Å². The summed E-state index contributed by atoms with van der Waals surface area (Å²) in [5.74, 6) is 0.619. The van der Waals surface area contributed by atoms with Gasteiger partial charge in [-0.05, 0) is 39.2 Å². The third-order valence-corrected chi connectivity index (χ3v) is 5.19. The molecule has 26 heavy (non-hydrogen) atoms. The van der Waals surface area contributed by atoms with Crippen molar-refractivity contribution in [1.82, 2.24) is 30.1 Å². The van der Waals surface area contributed by atoms with E-state index >= 15 is 0 Å². The van der Waals surface area contributed by atoms with Gasteiger partial charge in [0.2, 0.25) is 0 Å². The maximum atomic E-state index is 12.4. The molecule has 1 atom stereocenters. The molecule has 0 spiro atoms. The molecule has 0 aliphatic heterocycles. The predicted molar refractivity (Wildman–Crippen MR) is 99.8 cm³/mol. The van der Waals surface area contributed by atoms with E-state index in [1.54, 1.807) is 10.9 Å². The van der Waals surface area contributed by atoms with Crippen molar-refractivity contribution in [3.8, 4) is 0 Å². The minimum absolute atomic E-state index is 0.0344. The van der Waals surface area contributed by atoms with Crippen LogP contribution >= 0.6 is 0 Å². The lowest BCUT2D eigenvalue weighted by Crippen LogP contribution is -2.36. The molecule has 1 aliphatic carbocycles. The number of hydrogen-bond acceptors (Lipinski definition) is 4. The maximum Gasteiger partial charge on any atom is 0.273 e. The van der Waals surface area contributed by atoms with E-state index in [4.69, 9.17) is 0 Å². The summed E-state index contributed by atoms with van der Waals surface area (Å²) >= 11 is 0. The minimum atomic E-state index is -0.178. The molecule has 142 valence electrons. The number of rotatable bonds is 7. The fraction of sp³-hybridized carbons (Fsp3) is 0.684. The molecule has 0 unspecified atom stereocenters. The summed E-state index contributed by atoms with van der Waals surface area (Å²) in [5, 5.41) is 15.6. The van der Waals surface area contributed by atoms with E-state index in [1.807, 2.05) is 31.5 Å². The van der Waals surface area contributed by atoms with Gasteiger partial charge in [0.1, 0.15) is 0 Å². The lowest BCUT2D eigenvalue weighted by atomic mass is 9.87. The minimum Gasteiger partial charge on any atom is -0.346 e. The van der Waals surface area contributed by atoms with E-state index in [-0.39, 0.29) is 11.9 Å². The molecule has 2 aromatic heterocycles. The van der Waals surface area contributed by atoms with Crippen molar-refractivity contribution in [3.63, 3.8) is 0 Å². The Morgan fingerprint density at radius 3 is 2.77 bits per heavy atom. The molecule has 1 fully saturated rings. The van der Waals surface area contributed by atoms with E-state index in [0.717, 1.165) is 30.3 Å². The molecule has 7 heteroatoms. The van der Waals surface area contributed by atoms with Gasteiger partial charge in [-0.1, -0.05) is 37.3 Å². The first-order valence-corrected chi connectivity index (χ1v) is 9.73. The van der Waals surface area contributed by atoms with E-state index < -0.39 is 0 Å². The van der Waals surface area contributed by atoms with E-state index in [2.05, 4.69) is 20.7 Å². The Balaban J connectivity index is 1.48. The predicted octanol–water partition coefficient (Wildman–Crippen LogP) is 2.88. The number of carbonyl (C=O) groups excluding carboxylic acids is 1. The zero-order valence-electron chi connectivity index (χ0n) is 16.1. The van der Waals surface area contributed by atoms with Crippen LogP contribution in [0.2, 0.25) is 0 Å². The van der Waals surface area contributed by atoms with Gasteiger partial charge in [0.05, 0.1) is 18.4 Å². The summed E-state index contributed by atoms with van der Waals surface area (Å²) in [5.41, 5.74) is 2.47. The fourth-order valence-corrected chi connectivity index (χ4v) is 3.76. The van der Waals surface area contributed by atoms with Crippen LogP contribution < -0.4 is 5.32 Å². The highest BCUT2D eigenvalue weighted by Crippen LogP contribution is 2.26. The molecule has 3 rings (SSSR count). The summed E-state index contributed by atoms with van der Waals surface area (Å²) in [6, 6.07) is 2.00. The highest BCUT2D eigenvalue weighted by molar-refractivity contribution is 5.92. The van der Waals surface area contributed by atoms with Crippen molar-refractivity contribution in [2.45, 2.75) is 78.4 Å². The van der Waals surface area contributed by atoms with Crippen molar-refractivity contribution in [3.05, 3.63) is 29.3 Å². The van der Waals surface area contributed by atoms with Gasteiger partial charge in [0.25, 0.3) is 5.91 Å². The molecule has 1 amide bonds. The number of aromatic nitrogens is 5. The first kappa shape index (κ1) is 18.6. The lowest BCUT2D eigenvalue weighted by molar-refractivity contribution is 0.0930. The average Bonchev–Trinajstić information content (AvgIpc) is 3.20. The molecule has 0 saturated heterocycles. The van der Waals surface area contributed by atoms with Crippen molar-refractivity contribution in [1.29, 1.82) is 0 Å². The first-order chi connectivity index (χ1) is 12.5. The van der Waals surface area contributed by atoms with Crippen LogP contribution in [-0.4, -0.2) is 36.7 Å². The molecular formula is C19H30N6O. The van der Waals surface area contributed by atoms with Crippen LogP contribution in [-0.2, 0) is 13.1 Å². The Morgan fingerprint density at radius 2 is 2.08 bits per heavy atom. The Hall–Kier alpha value is -2.18. The van der Waals surface area contributed by atoms with Crippen LogP contribution in [0.15, 0.2) is 12.3 Å². The molecule has 7 nitrogen and oxygen atoms in total. The topological polar surface area (TPSA) is 77.6 Å². The number of nitrogens with zero attached hydrogens (tertiary/aromatic N) is 5. The number of carbonyl (C=O) groups is 1. The molecule has 1 N–H and O–H groups in total. The van der Waals surface area contributed by atoms with Gasteiger partial charge in [0, 0.05) is 18.3 Å². The highest BCUT2D eigenvalue weighted by Gasteiger charge is 2.17. The fourth-order valence-electron chi connectivity index (χ4n) is 3.76. The van der Waals surface area contributed by atoms with E-state index in [1.165, 1.54) is 32.1 Å². The van der Waals surface area contributed by atoms with Gasteiger partial charge < -0.3 is 5.32 Å². The molecule has 0 bridgehead atoms. The van der Waals surface area contributed by atoms with Gasteiger partial charge in [-0.15, -0.1) is 5.10 Å². The Morgan fingerprint density at radius 1 is 1.31 bits per heavy atom. The van der Waals surface area contributed by atoms with E-state index in [9.17, 15) is 4.79 Å². The summed E-state index contributed by atoms with van der Waals surface area (Å²) in [6.45, 7) is 7.44. The molecule has 0 radical (unpaired) electrons. The number of amides is 1. The second-order valence-corrected chi connectivity index (χ2v) is 7.64. The normalized spacial score (nSPS) is 16.6. The zero-order chi connectivity index (χ0) is 18.5. The van der Waals surface area contributed by atoms with Crippen LogP contribution in [0.5, 0.6) is 0 Å². The molecule has 1 aliphatic rings. The maximum absolute atomic E-state index is 12.4. The standard InChI is InChI=1S/C19H30N6O/c1-14-11-16(3)25(22-14)12-15(2)20-19(26)18-13-24(23-21-18)10-9-17-7-5-4-6-8-17/h11,13,15,17H,4-10,12H2,1-3H3,(H,20,26)/t15-/m1/s1. The second-order valence-electron chi connectivity index (χ2n) is 7.64. The Kier molecular flexibility index (Phi) is 6.06. The lowest BCUT2D eigenvalue weighted by Gasteiger charge is -2.20. The van der Waals surface area contributed by atoms with Crippen LogP contribution in [0, 0.1) is 19.8 Å². The van der Waals surface area contributed by atoms with Gasteiger partial charge in [-0.3, -0.25) is 14.2 Å². The second kappa shape index (κ2) is 8.47. The van der Waals surface area contributed by atoms with Gasteiger partial charge >= 0.3 is 0 Å². The van der Waals surface area contributed by atoms with E-state index in [0.29, 0.717) is 12.2 Å². The third kappa shape index (κ3) is 4.93. The van der Waals surface area contributed by atoms with Crippen molar-refractivity contribution >= 4 is 5.91 Å². The Labute approximate surface area is 155 Å². The molecule has 2 heterocycles. The summed E-state index contributed by atoms with van der Waals surface area (Å²) in [6.07, 6.45) is 9.61. The quantitative estimate of drug-likeness (QED) is 0.825. The monoisotopic (exact) mass is 358 g/mol. The zero-order valence-corrected chi connectivity index (χ0v) is 16.1. The Bertz CT molecular complexity index is 728. The van der Waals surface area contributed by atoms with Gasteiger partial charge in [-0.2, -0.15) is 5.10 Å². The molecule has 2 aromatic rings. The largest absolute Gasteiger partial charge is 0.346 e. The van der Waals surface area contributed by atoms with Crippen molar-refractivity contribution in [2.24, 2.45) is 5.92 Å². The smallest absolute Gasteiger partial charge is 0.273 e. The van der Waals surface area contributed by atoms with Crippen molar-refractivity contribution < 1.29 is 4.79 Å². The number of nitrogens with one attached hydrogen (secondary N) is 1. The summed E-state index contributed by atoms with van der Waals surface area (Å²) in [7, 11) is 0. The summed E-state index contributed by atoms with van der Waals surface area (Å²) in [4.78, 5) is 12.4. The highest BCUT2D eigenvalue weighted by atomic mass is 16.2. The third-order valence-electron chi connectivity index (χ3n) is 5.19. The van der Waals surface area contributed by atoms with Crippen molar-refractivity contribution in [2.75, 3.05) is 0 Å². The van der Waals surface area contributed by atoms with Crippen LogP contribution in [0.25, 0.3) is 0 Å². The molecular weight excluding hydrogens is 328 g/mol. The van der Waals surface area contributed by atoms with Gasteiger partial charge in [-0.25, -0.2) is 0 Å². The summed E-state index contributed by atoms with van der Waals surface area (Å²) < 4.78 is 3.72. The number of hydrogen-bond donors (Lipinski definition) is 1. The van der Waals surface area contributed by atoms with Crippen LogP contribution in [0.1, 0.15) is 67.3 Å². The van der Waals surface area contributed by atoms with Crippen LogP contribution in [0.3, 0.4) is 0 Å². The SMILES string of the molecule is Cc1cc(C)n(C[C@@H](C)NC(=O)c2cn(CCC3CCCCC3)nn2)n1. The molecule has 0 aromatic carbocycles. The first-order valence-electron chi connectivity index (χ1n) is 9.73. The van der Waals surface area contributed by atoms with Crippen LogP contribution in [0.4, 0.5) is 0 Å². The number of aryl methyl sites for hydroxylation is 3. The average molecular weight is 358 g/mol. The molecule has 1 saturated carbocycles.